The topological polar surface area (TPSA) is 64.9 Å². The summed E-state index contributed by atoms with van der Waals surface area (Å²) >= 11 is 0. The molecule has 0 bridgehead atoms. The van der Waals surface area contributed by atoms with Gasteiger partial charge in [-0.2, -0.15) is 13.2 Å². The lowest BCUT2D eigenvalue weighted by molar-refractivity contribution is -0.141. The van der Waals surface area contributed by atoms with E-state index in [1.54, 1.807) is 0 Å². The van der Waals surface area contributed by atoms with E-state index in [4.69, 9.17) is 5.73 Å². The average Bonchev–Trinajstić information content (AvgIpc) is 2.59. The Morgan fingerprint density at radius 1 is 1.40 bits per heavy atom. The van der Waals surface area contributed by atoms with Crippen LogP contribution in [0.1, 0.15) is 11.3 Å². The predicted molar refractivity (Wildman–Crippen MR) is 44.7 cm³/mol. The van der Waals surface area contributed by atoms with Gasteiger partial charge in [-0.1, -0.05) is 5.16 Å². The smallest absolute Gasteiger partial charge is 0.335 e. The van der Waals surface area contributed by atoms with Crippen molar-refractivity contribution in [1.82, 2.24) is 10.1 Å². The summed E-state index contributed by atoms with van der Waals surface area (Å²) in [5.74, 6) is 0. The molecular formula is C8H6F3N3O. The number of halogens is 3. The van der Waals surface area contributed by atoms with Crippen molar-refractivity contribution in [2.24, 2.45) is 5.73 Å². The summed E-state index contributed by atoms with van der Waals surface area (Å²) in [6, 6.07) is 1.28. The van der Waals surface area contributed by atoms with Crippen LogP contribution in [0.25, 0.3) is 11.1 Å². The molecular weight excluding hydrogens is 211 g/mol. The third-order valence-electron chi connectivity index (χ3n) is 1.89. The Morgan fingerprint density at radius 2 is 2.13 bits per heavy atom. The number of aromatic nitrogens is 2. The van der Waals surface area contributed by atoms with E-state index in [1.165, 1.54) is 12.3 Å². The Morgan fingerprint density at radius 3 is 2.73 bits per heavy atom. The number of hydrogen-bond donors (Lipinski definition) is 1. The van der Waals surface area contributed by atoms with Gasteiger partial charge in [0, 0.05) is 12.7 Å². The first-order valence-electron chi connectivity index (χ1n) is 4.04. The van der Waals surface area contributed by atoms with Crippen molar-refractivity contribution >= 4 is 11.1 Å². The molecule has 0 atom stereocenters. The molecule has 0 amide bonds. The van der Waals surface area contributed by atoms with Crippen LogP contribution >= 0.6 is 0 Å². The number of pyridine rings is 1. The van der Waals surface area contributed by atoms with Crippen LogP contribution in [0.2, 0.25) is 0 Å². The molecule has 2 N–H and O–H groups in total. The fourth-order valence-corrected chi connectivity index (χ4v) is 1.19. The van der Waals surface area contributed by atoms with E-state index < -0.39 is 11.9 Å². The maximum atomic E-state index is 12.4. The summed E-state index contributed by atoms with van der Waals surface area (Å²) in [6.07, 6.45) is -3.19. The molecule has 0 saturated carbocycles. The Kier molecular flexibility index (Phi) is 2.11. The van der Waals surface area contributed by atoms with Gasteiger partial charge in [0.2, 0.25) is 0 Å². The van der Waals surface area contributed by atoms with E-state index in [0.717, 1.165) is 0 Å². The summed E-state index contributed by atoms with van der Waals surface area (Å²) in [5.41, 5.74) is 4.58. The molecule has 2 rings (SSSR count). The molecule has 15 heavy (non-hydrogen) atoms. The van der Waals surface area contributed by atoms with E-state index >= 15 is 0 Å². The lowest BCUT2D eigenvalue weighted by Crippen LogP contribution is -2.06. The summed E-state index contributed by atoms with van der Waals surface area (Å²) in [6.45, 7) is 0.116. The highest BCUT2D eigenvalue weighted by Crippen LogP contribution is 2.33. The first-order valence-corrected chi connectivity index (χ1v) is 4.04. The van der Waals surface area contributed by atoms with Crippen molar-refractivity contribution in [2.75, 3.05) is 0 Å². The second-order valence-corrected chi connectivity index (χ2v) is 2.93. The van der Waals surface area contributed by atoms with Crippen LogP contribution in [0, 0.1) is 0 Å². The first-order chi connectivity index (χ1) is 7.02. The minimum Gasteiger partial charge on any atom is -0.335 e. The molecule has 0 fully saturated rings. The first kappa shape index (κ1) is 9.91. The highest BCUT2D eigenvalue weighted by Gasteiger charge is 2.37. The molecule has 0 aliphatic rings. The molecule has 80 valence electrons. The lowest BCUT2D eigenvalue weighted by Gasteiger charge is -2.01. The van der Waals surface area contributed by atoms with Crippen LogP contribution in [0.15, 0.2) is 16.8 Å². The van der Waals surface area contributed by atoms with Crippen LogP contribution in [0.4, 0.5) is 13.2 Å². The molecule has 2 aromatic heterocycles. The van der Waals surface area contributed by atoms with Crippen LogP contribution in [-0.4, -0.2) is 10.1 Å². The SMILES string of the molecule is NCc1cnc2onc(C(F)(F)F)c2c1. The largest absolute Gasteiger partial charge is 0.437 e. The fraction of sp³-hybridized carbons (Fsp3) is 0.250. The minimum absolute atomic E-state index is 0.116. The van der Waals surface area contributed by atoms with Crippen molar-refractivity contribution in [1.29, 1.82) is 0 Å². The standard InChI is InChI=1S/C8H6F3N3O/c9-8(10,11)6-5-1-4(2-12)3-13-7(5)15-14-6/h1,3H,2,12H2. The molecule has 2 heterocycles. The monoisotopic (exact) mass is 217 g/mol. The van der Waals surface area contributed by atoms with Gasteiger partial charge < -0.3 is 10.3 Å². The van der Waals surface area contributed by atoms with Gasteiger partial charge in [-0.25, -0.2) is 4.98 Å². The Balaban J connectivity index is 2.67. The quantitative estimate of drug-likeness (QED) is 0.789. The molecule has 0 aliphatic heterocycles. The van der Waals surface area contributed by atoms with Gasteiger partial charge in [0.1, 0.15) is 0 Å². The van der Waals surface area contributed by atoms with Gasteiger partial charge in [-0.05, 0) is 11.6 Å². The Labute approximate surface area is 81.9 Å². The predicted octanol–water partition coefficient (Wildman–Crippen LogP) is 1.70. The number of alkyl halides is 3. The minimum atomic E-state index is -4.54. The van der Waals surface area contributed by atoms with Crippen molar-refractivity contribution in [2.45, 2.75) is 12.7 Å². The van der Waals surface area contributed by atoms with E-state index in [0.29, 0.717) is 5.56 Å². The van der Waals surface area contributed by atoms with Crippen LogP contribution < -0.4 is 5.73 Å². The summed E-state index contributed by atoms with van der Waals surface area (Å²) in [7, 11) is 0. The number of fused-ring (bicyclic) bond motifs is 1. The molecule has 0 saturated heterocycles. The highest BCUT2D eigenvalue weighted by molar-refractivity contribution is 5.76. The molecule has 0 spiro atoms. The summed E-state index contributed by atoms with van der Waals surface area (Å²) in [5, 5.41) is 2.78. The van der Waals surface area contributed by atoms with Crippen LogP contribution in [0.5, 0.6) is 0 Å². The zero-order valence-electron chi connectivity index (χ0n) is 7.38. The molecule has 7 heteroatoms. The van der Waals surface area contributed by atoms with Crippen molar-refractivity contribution in [3.63, 3.8) is 0 Å². The lowest BCUT2D eigenvalue weighted by atomic mass is 10.2. The maximum absolute atomic E-state index is 12.4. The molecule has 0 aliphatic carbocycles. The average molecular weight is 217 g/mol. The normalized spacial score (nSPS) is 12.3. The Bertz CT molecular complexity index is 491. The summed E-state index contributed by atoms with van der Waals surface area (Å²) < 4.78 is 41.7. The van der Waals surface area contributed by atoms with Gasteiger partial charge in [-0.15, -0.1) is 0 Å². The summed E-state index contributed by atoms with van der Waals surface area (Å²) in [4.78, 5) is 3.68. The van der Waals surface area contributed by atoms with Crippen LogP contribution in [-0.2, 0) is 12.7 Å². The van der Waals surface area contributed by atoms with Gasteiger partial charge in [-0.3, -0.25) is 0 Å². The fourth-order valence-electron chi connectivity index (χ4n) is 1.19. The number of nitrogens with zero attached hydrogens (tertiary/aromatic N) is 2. The van der Waals surface area contributed by atoms with Crippen LogP contribution in [0.3, 0.4) is 0 Å². The van der Waals surface area contributed by atoms with E-state index in [1.807, 2.05) is 0 Å². The molecule has 0 unspecified atom stereocenters. The second kappa shape index (κ2) is 3.20. The van der Waals surface area contributed by atoms with E-state index in [2.05, 4.69) is 14.7 Å². The van der Waals surface area contributed by atoms with E-state index in [9.17, 15) is 13.2 Å². The van der Waals surface area contributed by atoms with Gasteiger partial charge in [0.15, 0.2) is 5.69 Å². The highest BCUT2D eigenvalue weighted by atomic mass is 19.4. The molecule has 2 aromatic rings. The number of nitrogens with two attached hydrogens (primary N) is 1. The third-order valence-corrected chi connectivity index (χ3v) is 1.89. The second-order valence-electron chi connectivity index (χ2n) is 2.93. The number of hydrogen-bond acceptors (Lipinski definition) is 4. The van der Waals surface area contributed by atoms with Crippen molar-refractivity contribution in [3.05, 3.63) is 23.5 Å². The number of rotatable bonds is 1. The maximum Gasteiger partial charge on any atom is 0.437 e. The molecule has 4 nitrogen and oxygen atoms in total. The van der Waals surface area contributed by atoms with Crippen molar-refractivity contribution in [3.8, 4) is 0 Å². The van der Waals surface area contributed by atoms with Crippen molar-refractivity contribution < 1.29 is 17.7 Å². The van der Waals surface area contributed by atoms with Gasteiger partial charge >= 0.3 is 6.18 Å². The molecule has 0 aromatic carbocycles. The zero-order chi connectivity index (χ0) is 11.1. The zero-order valence-corrected chi connectivity index (χ0v) is 7.38. The third kappa shape index (κ3) is 1.65. The van der Waals surface area contributed by atoms with E-state index in [-0.39, 0.29) is 17.6 Å². The van der Waals surface area contributed by atoms with Gasteiger partial charge in [0.25, 0.3) is 5.71 Å². The Hall–Kier alpha value is -1.63. The molecule has 0 radical (unpaired) electrons. The van der Waals surface area contributed by atoms with Gasteiger partial charge in [0.05, 0.1) is 5.39 Å².